The number of nitrogens with zero attached hydrogens (tertiary/aromatic N) is 1. The van der Waals surface area contributed by atoms with Crippen molar-refractivity contribution in [1.82, 2.24) is 4.90 Å². The van der Waals surface area contributed by atoms with Crippen LogP contribution in [-0.2, 0) is 4.79 Å². The van der Waals surface area contributed by atoms with Crippen LogP contribution in [0.15, 0.2) is 18.2 Å². The first-order valence-electron chi connectivity index (χ1n) is 6.82. The maximum atomic E-state index is 12.4. The molecule has 2 amide bonds. The second-order valence-electron chi connectivity index (χ2n) is 5.13. The molecule has 1 aliphatic heterocycles. The smallest absolute Gasteiger partial charge is 0.253 e. The Morgan fingerprint density at radius 1 is 1.48 bits per heavy atom. The predicted octanol–water partition coefficient (Wildman–Crippen LogP) is 0.286. The van der Waals surface area contributed by atoms with Gasteiger partial charge < -0.3 is 15.7 Å². The number of benzene rings is 1. The van der Waals surface area contributed by atoms with E-state index >= 15 is 0 Å². The van der Waals surface area contributed by atoms with E-state index in [0.717, 1.165) is 11.1 Å². The summed E-state index contributed by atoms with van der Waals surface area (Å²) in [6.07, 6.45) is 0.625. The summed E-state index contributed by atoms with van der Waals surface area (Å²) in [5.74, 6) is 4.73. The van der Waals surface area contributed by atoms with Gasteiger partial charge in [-0.05, 0) is 37.1 Å². The van der Waals surface area contributed by atoms with E-state index in [1.807, 2.05) is 6.92 Å². The van der Waals surface area contributed by atoms with Crippen LogP contribution < -0.4 is 5.73 Å². The number of aliphatic hydroxyl groups excluding tert-OH is 1. The molecule has 0 bridgehead atoms. The van der Waals surface area contributed by atoms with Crippen molar-refractivity contribution >= 4 is 11.8 Å². The molecule has 2 rings (SSSR count). The summed E-state index contributed by atoms with van der Waals surface area (Å²) in [6.45, 7) is 2.62. The van der Waals surface area contributed by atoms with Gasteiger partial charge in [-0.2, -0.15) is 0 Å². The standard InChI is InChI=1S/C16H18N2O3/c1-11-9-13(5-4-12(11)3-2-8-19)16(21)18-7-6-14(10-18)15(17)20/h4-5,9,14,19H,6-8,10H2,1H3,(H2,17,20). The molecular formula is C16H18N2O3. The summed E-state index contributed by atoms with van der Waals surface area (Å²) < 4.78 is 0. The molecule has 1 heterocycles. The number of hydrogen-bond acceptors (Lipinski definition) is 3. The van der Waals surface area contributed by atoms with Gasteiger partial charge in [-0.25, -0.2) is 0 Å². The number of amides is 2. The minimum atomic E-state index is -0.351. The summed E-state index contributed by atoms with van der Waals surface area (Å²) >= 11 is 0. The fourth-order valence-electron chi connectivity index (χ4n) is 2.43. The second kappa shape index (κ2) is 6.42. The molecule has 21 heavy (non-hydrogen) atoms. The molecule has 0 radical (unpaired) electrons. The molecule has 0 spiro atoms. The molecule has 0 saturated carbocycles. The van der Waals surface area contributed by atoms with E-state index in [2.05, 4.69) is 11.8 Å². The second-order valence-corrected chi connectivity index (χ2v) is 5.13. The maximum Gasteiger partial charge on any atom is 0.253 e. The largest absolute Gasteiger partial charge is 0.384 e. The van der Waals surface area contributed by atoms with Crippen molar-refractivity contribution in [2.24, 2.45) is 11.7 Å². The minimum absolute atomic E-state index is 0.0940. The number of hydrogen-bond donors (Lipinski definition) is 2. The van der Waals surface area contributed by atoms with Crippen molar-refractivity contribution < 1.29 is 14.7 Å². The zero-order chi connectivity index (χ0) is 15.4. The first-order valence-corrected chi connectivity index (χ1v) is 6.82. The number of likely N-dealkylation sites (tertiary alicyclic amines) is 1. The Balaban J connectivity index is 2.14. The Morgan fingerprint density at radius 2 is 2.24 bits per heavy atom. The zero-order valence-electron chi connectivity index (χ0n) is 11.9. The average Bonchev–Trinajstić information content (AvgIpc) is 2.95. The highest BCUT2D eigenvalue weighted by Gasteiger charge is 2.30. The monoisotopic (exact) mass is 286 g/mol. The number of aryl methyl sites for hydroxylation is 1. The summed E-state index contributed by atoms with van der Waals surface area (Å²) in [7, 11) is 0. The van der Waals surface area contributed by atoms with Gasteiger partial charge >= 0.3 is 0 Å². The first kappa shape index (κ1) is 15.1. The molecule has 5 heteroatoms. The van der Waals surface area contributed by atoms with Crippen LogP contribution in [0.3, 0.4) is 0 Å². The van der Waals surface area contributed by atoms with Crippen molar-refractivity contribution in [1.29, 1.82) is 0 Å². The van der Waals surface area contributed by atoms with Gasteiger partial charge in [0.05, 0.1) is 5.92 Å². The van der Waals surface area contributed by atoms with Gasteiger partial charge in [-0.1, -0.05) is 11.8 Å². The average molecular weight is 286 g/mol. The number of primary amides is 1. The van der Waals surface area contributed by atoms with Crippen LogP contribution >= 0.6 is 0 Å². The minimum Gasteiger partial charge on any atom is -0.384 e. The lowest BCUT2D eigenvalue weighted by molar-refractivity contribution is -0.121. The van der Waals surface area contributed by atoms with E-state index in [1.165, 1.54) is 0 Å². The third kappa shape index (κ3) is 3.41. The Labute approximate surface area is 123 Å². The molecule has 1 aromatic rings. The molecule has 0 aliphatic carbocycles. The highest BCUT2D eigenvalue weighted by molar-refractivity contribution is 5.95. The van der Waals surface area contributed by atoms with Gasteiger partial charge in [0.1, 0.15) is 6.61 Å². The third-order valence-corrected chi connectivity index (χ3v) is 3.65. The molecule has 3 N–H and O–H groups in total. The molecule has 1 unspecified atom stereocenters. The normalized spacial score (nSPS) is 17.2. The van der Waals surface area contributed by atoms with Crippen LogP contribution in [0.5, 0.6) is 0 Å². The van der Waals surface area contributed by atoms with Crippen molar-refractivity contribution in [3.05, 3.63) is 34.9 Å². The highest BCUT2D eigenvalue weighted by atomic mass is 16.2. The number of aliphatic hydroxyl groups is 1. The van der Waals surface area contributed by atoms with Crippen LogP contribution in [0.25, 0.3) is 0 Å². The number of nitrogens with two attached hydrogens (primary N) is 1. The van der Waals surface area contributed by atoms with Crippen molar-refractivity contribution in [3.63, 3.8) is 0 Å². The van der Waals surface area contributed by atoms with E-state index in [4.69, 9.17) is 10.8 Å². The Morgan fingerprint density at radius 3 is 2.81 bits per heavy atom. The van der Waals surface area contributed by atoms with Gasteiger partial charge in [0.25, 0.3) is 5.91 Å². The van der Waals surface area contributed by atoms with Crippen LogP contribution in [0.1, 0.15) is 27.9 Å². The topological polar surface area (TPSA) is 83.6 Å². The van der Waals surface area contributed by atoms with E-state index in [9.17, 15) is 9.59 Å². The van der Waals surface area contributed by atoms with Crippen LogP contribution in [0.4, 0.5) is 0 Å². The molecule has 1 saturated heterocycles. The van der Waals surface area contributed by atoms with Gasteiger partial charge in [0.15, 0.2) is 0 Å². The van der Waals surface area contributed by atoms with Crippen LogP contribution in [-0.4, -0.2) is 41.5 Å². The predicted molar refractivity (Wildman–Crippen MR) is 78.3 cm³/mol. The van der Waals surface area contributed by atoms with Crippen molar-refractivity contribution in [2.75, 3.05) is 19.7 Å². The lowest BCUT2D eigenvalue weighted by Crippen LogP contribution is -2.31. The van der Waals surface area contributed by atoms with Gasteiger partial charge in [-0.15, -0.1) is 0 Å². The Kier molecular flexibility index (Phi) is 4.61. The van der Waals surface area contributed by atoms with E-state index in [0.29, 0.717) is 25.1 Å². The fourth-order valence-corrected chi connectivity index (χ4v) is 2.43. The molecule has 1 fully saturated rings. The molecule has 1 aliphatic rings. The molecule has 1 aromatic carbocycles. The third-order valence-electron chi connectivity index (χ3n) is 3.65. The summed E-state index contributed by atoms with van der Waals surface area (Å²) in [6, 6.07) is 5.27. The zero-order valence-corrected chi connectivity index (χ0v) is 11.9. The number of carbonyl (C=O) groups excluding carboxylic acids is 2. The van der Waals surface area contributed by atoms with E-state index in [-0.39, 0.29) is 24.3 Å². The van der Waals surface area contributed by atoms with Crippen LogP contribution in [0, 0.1) is 24.7 Å². The lowest BCUT2D eigenvalue weighted by Gasteiger charge is -2.16. The molecule has 1 atom stereocenters. The van der Waals surface area contributed by atoms with E-state index in [1.54, 1.807) is 23.1 Å². The summed E-state index contributed by atoms with van der Waals surface area (Å²) in [5, 5.41) is 8.70. The van der Waals surface area contributed by atoms with Gasteiger partial charge in [-0.3, -0.25) is 9.59 Å². The Bertz CT molecular complexity index is 628. The first-order chi connectivity index (χ1) is 10.0. The van der Waals surface area contributed by atoms with Crippen LogP contribution in [0.2, 0.25) is 0 Å². The molecule has 0 aromatic heterocycles. The summed E-state index contributed by atoms with van der Waals surface area (Å²) in [5.41, 5.74) is 7.52. The van der Waals surface area contributed by atoms with Gasteiger partial charge in [0.2, 0.25) is 5.91 Å². The quantitative estimate of drug-likeness (QED) is 0.766. The van der Waals surface area contributed by atoms with E-state index < -0.39 is 0 Å². The molecule has 5 nitrogen and oxygen atoms in total. The lowest BCUT2D eigenvalue weighted by atomic mass is 10.0. The molecule has 110 valence electrons. The van der Waals surface area contributed by atoms with Crippen molar-refractivity contribution in [3.8, 4) is 11.8 Å². The Hall–Kier alpha value is -2.32. The van der Waals surface area contributed by atoms with Gasteiger partial charge in [0, 0.05) is 24.2 Å². The molecular weight excluding hydrogens is 268 g/mol. The maximum absolute atomic E-state index is 12.4. The fraction of sp³-hybridized carbons (Fsp3) is 0.375. The SMILES string of the molecule is Cc1cc(C(=O)N2CCC(C(N)=O)C2)ccc1C#CCO. The highest BCUT2D eigenvalue weighted by Crippen LogP contribution is 2.19. The summed E-state index contributed by atoms with van der Waals surface area (Å²) in [4.78, 5) is 25.2. The number of rotatable bonds is 2. The van der Waals surface area contributed by atoms with Crippen molar-refractivity contribution in [2.45, 2.75) is 13.3 Å². The number of carbonyl (C=O) groups is 2.